The Hall–Kier alpha value is -0.870. The second kappa shape index (κ2) is 4.77. The molecule has 0 amide bonds. The molecule has 2 heterocycles. The van der Waals surface area contributed by atoms with Gasteiger partial charge < -0.3 is 9.88 Å². The minimum absolute atomic E-state index is 0.615. The average molecular weight is 208 g/mol. The highest BCUT2D eigenvalue weighted by atomic mass is 15.2. The topological polar surface area (TPSA) is 33.1 Å². The molecular formula is C11H20N4. The van der Waals surface area contributed by atoms with Crippen molar-refractivity contribution in [1.82, 2.24) is 19.8 Å². The van der Waals surface area contributed by atoms with Crippen molar-refractivity contribution in [3.05, 3.63) is 18.7 Å². The lowest BCUT2D eigenvalue weighted by atomic mass is 10.1. The number of rotatable bonds is 3. The van der Waals surface area contributed by atoms with Crippen LogP contribution in [0.4, 0.5) is 0 Å². The summed E-state index contributed by atoms with van der Waals surface area (Å²) >= 11 is 0. The summed E-state index contributed by atoms with van der Waals surface area (Å²) in [7, 11) is 0. The summed E-state index contributed by atoms with van der Waals surface area (Å²) < 4.78 is 2.14. The van der Waals surface area contributed by atoms with Crippen LogP contribution in [0.3, 0.4) is 0 Å². The van der Waals surface area contributed by atoms with E-state index in [1.165, 1.54) is 0 Å². The molecular weight excluding hydrogens is 188 g/mol. The fourth-order valence-electron chi connectivity index (χ4n) is 2.07. The number of piperazine rings is 1. The number of imidazole rings is 1. The zero-order valence-electron chi connectivity index (χ0n) is 9.56. The highest BCUT2D eigenvalue weighted by Gasteiger charge is 2.21. The van der Waals surface area contributed by atoms with E-state index < -0.39 is 0 Å². The maximum atomic E-state index is 4.05. The van der Waals surface area contributed by atoms with Gasteiger partial charge in [0.2, 0.25) is 0 Å². The second-order valence-corrected chi connectivity index (χ2v) is 4.45. The Balaban J connectivity index is 1.82. The summed E-state index contributed by atoms with van der Waals surface area (Å²) in [5.41, 5.74) is 0. The lowest BCUT2D eigenvalue weighted by Gasteiger charge is -2.37. The summed E-state index contributed by atoms with van der Waals surface area (Å²) in [6, 6.07) is 1.26. The van der Waals surface area contributed by atoms with Gasteiger partial charge in [-0.05, 0) is 13.8 Å². The molecule has 84 valence electrons. The maximum absolute atomic E-state index is 4.05. The minimum Gasteiger partial charge on any atom is -0.336 e. The van der Waals surface area contributed by atoms with E-state index in [-0.39, 0.29) is 0 Å². The van der Waals surface area contributed by atoms with Gasteiger partial charge in [-0.25, -0.2) is 4.98 Å². The van der Waals surface area contributed by atoms with E-state index in [2.05, 4.69) is 33.6 Å². The Labute approximate surface area is 91.3 Å². The molecule has 4 heteroatoms. The molecule has 0 aromatic carbocycles. The van der Waals surface area contributed by atoms with Crippen LogP contribution in [0, 0.1) is 0 Å². The molecule has 1 saturated heterocycles. The van der Waals surface area contributed by atoms with Gasteiger partial charge in [-0.2, -0.15) is 0 Å². The van der Waals surface area contributed by atoms with E-state index in [9.17, 15) is 0 Å². The highest BCUT2D eigenvalue weighted by Crippen LogP contribution is 2.06. The monoisotopic (exact) mass is 208 g/mol. The van der Waals surface area contributed by atoms with Crippen molar-refractivity contribution in [2.75, 3.05) is 19.6 Å². The Morgan fingerprint density at radius 3 is 3.00 bits per heavy atom. The Bertz CT molecular complexity index is 283. The molecule has 1 N–H and O–H groups in total. The maximum Gasteiger partial charge on any atom is 0.0946 e. The van der Waals surface area contributed by atoms with Crippen LogP contribution >= 0.6 is 0 Å². The van der Waals surface area contributed by atoms with E-state index in [1.54, 1.807) is 0 Å². The molecule has 1 aliphatic heterocycles. The van der Waals surface area contributed by atoms with Crippen LogP contribution in [0.15, 0.2) is 18.7 Å². The average Bonchev–Trinajstić information content (AvgIpc) is 2.72. The third-order valence-electron chi connectivity index (χ3n) is 3.10. The summed E-state index contributed by atoms with van der Waals surface area (Å²) in [6.07, 6.45) is 5.75. The summed E-state index contributed by atoms with van der Waals surface area (Å²) in [6.45, 7) is 8.93. The van der Waals surface area contributed by atoms with E-state index in [0.29, 0.717) is 12.1 Å². The first-order chi connectivity index (χ1) is 7.25. The van der Waals surface area contributed by atoms with Crippen LogP contribution in [0.5, 0.6) is 0 Å². The van der Waals surface area contributed by atoms with Crippen LogP contribution in [0.25, 0.3) is 0 Å². The van der Waals surface area contributed by atoms with Crippen LogP contribution < -0.4 is 5.32 Å². The van der Waals surface area contributed by atoms with Gasteiger partial charge in [-0.15, -0.1) is 0 Å². The quantitative estimate of drug-likeness (QED) is 0.788. The molecule has 2 unspecified atom stereocenters. The first-order valence-corrected chi connectivity index (χ1v) is 5.69. The molecule has 1 fully saturated rings. The molecule has 0 bridgehead atoms. The molecule has 4 nitrogen and oxygen atoms in total. The Kier molecular flexibility index (Phi) is 3.38. The fourth-order valence-corrected chi connectivity index (χ4v) is 2.07. The zero-order valence-corrected chi connectivity index (χ0v) is 9.56. The predicted octanol–water partition coefficient (Wildman–Crippen LogP) is 0.565. The Morgan fingerprint density at radius 2 is 2.27 bits per heavy atom. The standard InChI is InChI=1S/C11H20N4/c1-10-8-15(11(2)7-13-10)6-5-14-4-3-12-9-14/h3-4,9-11,13H,5-8H2,1-2H3. The molecule has 0 spiro atoms. The number of hydrogen-bond acceptors (Lipinski definition) is 3. The van der Waals surface area contributed by atoms with E-state index in [0.717, 1.165) is 26.2 Å². The lowest BCUT2D eigenvalue weighted by molar-refractivity contribution is 0.141. The number of hydrogen-bond donors (Lipinski definition) is 1. The molecule has 0 aliphatic carbocycles. The normalized spacial score (nSPS) is 28.1. The van der Waals surface area contributed by atoms with Crippen molar-refractivity contribution < 1.29 is 0 Å². The summed E-state index contributed by atoms with van der Waals surface area (Å²) in [4.78, 5) is 6.59. The van der Waals surface area contributed by atoms with Crippen molar-refractivity contribution in [2.24, 2.45) is 0 Å². The smallest absolute Gasteiger partial charge is 0.0946 e. The molecule has 1 aromatic rings. The summed E-state index contributed by atoms with van der Waals surface area (Å²) in [5, 5.41) is 3.49. The third kappa shape index (κ3) is 2.79. The first kappa shape index (κ1) is 10.6. The Morgan fingerprint density at radius 1 is 1.40 bits per heavy atom. The van der Waals surface area contributed by atoms with Gasteiger partial charge in [-0.1, -0.05) is 0 Å². The van der Waals surface area contributed by atoms with Gasteiger partial charge in [0.05, 0.1) is 6.33 Å². The zero-order chi connectivity index (χ0) is 10.7. The van der Waals surface area contributed by atoms with Gasteiger partial charge in [0.1, 0.15) is 0 Å². The third-order valence-corrected chi connectivity index (χ3v) is 3.10. The van der Waals surface area contributed by atoms with E-state index in [1.807, 2.05) is 18.7 Å². The van der Waals surface area contributed by atoms with Gasteiger partial charge >= 0.3 is 0 Å². The predicted molar refractivity (Wildman–Crippen MR) is 60.7 cm³/mol. The van der Waals surface area contributed by atoms with Crippen LogP contribution in [-0.4, -0.2) is 46.2 Å². The van der Waals surface area contributed by atoms with Gasteiger partial charge in [0.15, 0.2) is 0 Å². The fraction of sp³-hybridized carbons (Fsp3) is 0.727. The van der Waals surface area contributed by atoms with E-state index >= 15 is 0 Å². The van der Waals surface area contributed by atoms with Crippen LogP contribution in [-0.2, 0) is 6.54 Å². The van der Waals surface area contributed by atoms with Crippen molar-refractivity contribution >= 4 is 0 Å². The number of nitrogens with one attached hydrogen (secondary N) is 1. The van der Waals surface area contributed by atoms with Gasteiger partial charge in [0.25, 0.3) is 0 Å². The molecule has 15 heavy (non-hydrogen) atoms. The molecule has 0 saturated carbocycles. The van der Waals surface area contributed by atoms with Crippen LogP contribution in [0.1, 0.15) is 13.8 Å². The van der Waals surface area contributed by atoms with Gasteiger partial charge in [0, 0.05) is 50.7 Å². The molecule has 1 aliphatic rings. The number of aromatic nitrogens is 2. The van der Waals surface area contributed by atoms with Crippen molar-refractivity contribution in [3.8, 4) is 0 Å². The molecule has 1 aromatic heterocycles. The van der Waals surface area contributed by atoms with Crippen molar-refractivity contribution in [3.63, 3.8) is 0 Å². The van der Waals surface area contributed by atoms with Gasteiger partial charge in [-0.3, -0.25) is 4.90 Å². The minimum atomic E-state index is 0.615. The largest absolute Gasteiger partial charge is 0.336 e. The van der Waals surface area contributed by atoms with Crippen LogP contribution in [0.2, 0.25) is 0 Å². The number of nitrogens with zero attached hydrogens (tertiary/aromatic N) is 3. The second-order valence-electron chi connectivity index (χ2n) is 4.45. The lowest BCUT2D eigenvalue weighted by Crippen LogP contribution is -2.54. The van der Waals surface area contributed by atoms with Crippen molar-refractivity contribution in [2.45, 2.75) is 32.5 Å². The molecule has 2 atom stereocenters. The summed E-state index contributed by atoms with van der Waals surface area (Å²) in [5.74, 6) is 0. The molecule has 0 radical (unpaired) electrons. The van der Waals surface area contributed by atoms with Crippen molar-refractivity contribution in [1.29, 1.82) is 0 Å². The SMILES string of the molecule is CC1CN(CCn2ccnc2)C(C)CN1. The van der Waals surface area contributed by atoms with E-state index in [4.69, 9.17) is 0 Å². The highest BCUT2D eigenvalue weighted by molar-refractivity contribution is 4.82. The first-order valence-electron chi connectivity index (χ1n) is 5.69. The molecule has 2 rings (SSSR count).